The van der Waals surface area contributed by atoms with E-state index >= 15 is 0 Å². The van der Waals surface area contributed by atoms with Crippen LogP contribution in [0.3, 0.4) is 0 Å². The van der Waals surface area contributed by atoms with Gasteiger partial charge in [0.1, 0.15) is 0 Å². The number of rotatable bonds is 8. The van der Waals surface area contributed by atoms with Gasteiger partial charge in [-0.2, -0.15) is 0 Å². The molecule has 0 aliphatic carbocycles. The lowest BCUT2D eigenvalue weighted by molar-refractivity contribution is -0.126. The molecule has 0 saturated heterocycles. The Bertz CT molecular complexity index is 561. The molecule has 1 aromatic rings. The number of amides is 2. The van der Waals surface area contributed by atoms with Crippen LogP contribution >= 0.6 is 0 Å². The van der Waals surface area contributed by atoms with Gasteiger partial charge in [-0.15, -0.1) is 0 Å². The molecule has 1 aromatic carbocycles. The van der Waals surface area contributed by atoms with Crippen LogP contribution in [-0.4, -0.2) is 41.9 Å². The molecule has 2 N–H and O–H groups in total. The van der Waals surface area contributed by atoms with E-state index in [-0.39, 0.29) is 36.5 Å². The van der Waals surface area contributed by atoms with Crippen molar-refractivity contribution in [1.29, 1.82) is 0 Å². The number of likely N-dealkylation sites (N-methyl/N-ethyl adjacent to an activating group) is 1. The van der Waals surface area contributed by atoms with Gasteiger partial charge in [0, 0.05) is 5.54 Å². The molecule has 25 heavy (non-hydrogen) atoms. The van der Waals surface area contributed by atoms with E-state index in [9.17, 15) is 9.59 Å². The van der Waals surface area contributed by atoms with Gasteiger partial charge in [-0.25, -0.2) is 0 Å². The zero-order valence-electron chi connectivity index (χ0n) is 16.5. The number of nitrogens with zero attached hydrogens (tertiary/aromatic N) is 1. The molecule has 0 unspecified atom stereocenters. The summed E-state index contributed by atoms with van der Waals surface area (Å²) in [7, 11) is 0. The predicted molar refractivity (Wildman–Crippen MR) is 102 cm³/mol. The first-order valence-electron chi connectivity index (χ1n) is 9.06. The van der Waals surface area contributed by atoms with Gasteiger partial charge < -0.3 is 10.6 Å². The third-order valence-corrected chi connectivity index (χ3v) is 3.96. The number of benzene rings is 1. The number of hydrogen-bond donors (Lipinski definition) is 2. The predicted octanol–water partition coefficient (Wildman–Crippen LogP) is 2.66. The van der Waals surface area contributed by atoms with Crippen LogP contribution in [0.5, 0.6) is 0 Å². The minimum Gasteiger partial charge on any atom is -0.350 e. The van der Waals surface area contributed by atoms with E-state index in [2.05, 4.69) is 41.8 Å². The van der Waals surface area contributed by atoms with Crippen LogP contribution in [0.4, 0.5) is 0 Å². The first-order valence-corrected chi connectivity index (χ1v) is 9.06. The third kappa shape index (κ3) is 8.16. The average Bonchev–Trinajstić information content (AvgIpc) is 2.52. The Hall–Kier alpha value is -1.88. The molecule has 2 amide bonds. The number of carbonyl (C=O) groups is 2. The van der Waals surface area contributed by atoms with E-state index in [4.69, 9.17) is 0 Å². The third-order valence-electron chi connectivity index (χ3n) is 3.96. The van der Waals surface area contributed by atoms with E-state index in [0.29, 0.717) is 6.54 Å². The normalized spacial score (nSPS) is 12.8. The molecule has 0 bridgehead atoms. The highest BCUT2D eigenvalue weighted by Gasteiger charge is 2.18. The zero-order valence-corrected chi connectivity index (χ0v) is 16.5. The molecule has 0 radical (unpaired) electrons. The lowest BCUT2D eigenvalue weighted by Gasteiger charge is -2.25. The molecule has 1 atom stereocenters. The molecule has 5 heteroatoms. The van der Waals surface area contributed by atoms with Crippen LogP contribution in [-0.2, 0) is 16.0 Å². The lowest BCUT2D eigenvalue weighted by Crippen LogP contribution is -2.48. The van der Waals surface area contributed by atoms with Crippen molar-refractivity contribution in [3.63, 3.8) is 0 Å². The minimum atomic E-state index is -0.266. The molecule has 0 aromatic heterocycles. The van der Waals surface area contributed by atoms with Gasteiger partial charge in [0.2, 0.25) is 11.8 Å². The summed E-state index contributed by atoms with van der Waals surface area (Å²) in [4.78, 5) is 26.2. The van der Waals surface area contributed by atoms with Gasteiger partial charge in [0.25, 0.3) is 0 Å². The molecule has 1 rings (SSSR count). The van der Waals surface area contributed by atoms with E-state index in [1.165, 1.54) is 5.56 Å². The highest BCUT2D eigenvalue weighted by Crippen LogP contribution is 2.13. The second kappa shape index (κ2) is 9.56. The summed E-state index contributed by atoms with van der Waals surface area (Å²) < 4.78 is 0. The molecular formula is C20H33N3O2. The largest absolute Gasteiger partial charge is 0.350 e. The fourth-order valence-corrected chi connectivity index (χ4v) is 2.56. The molecule has 0 heterocycles. The summed E-state index contributed by atoms with van der Waals surface area (Å²) in [6.45, 7) is 13.0. The molecule has 0 fully saturated rings. The Balaban J connectivity index is 2.53. The summed E-state index contributed by atoms with van der Waals surface area (Å²) in [5, 5.41) is 5.93. The van der Waals surface area contributed by atoms with Crippen LogP contribution in [0, 0.1) is 0 Å². The van der Waals surface area contributed by atoms with Crippen LogP contribution in [0.1, 0.15) is 58.7 Å². The average molecular weight is 348 g/mol. The van der Waals surface area contributed by atoms with Gasteiger partial charge in [0.05, 0.1) is 19.1 Å². The van der Waals surface area contributed by atoms with Gasteiger partial charge in [-0.05, 0) is 51.8 Å². The smallest absolute Gasteiger partial charge is 0.234 e. The summed E-state index contributed by atoms with van der Waals surface area (Å²) in [6.07, 6.45) is 1.00. The molecule has 5 nitrogen and oxygen atoms in total. The Labute approximate surface area is 152 Å². The van der Waals surface area contributed by atoms with Crippen molar-refractivity contribution >= 4 is 11.8 Å². The minimum absolute atomic E-state index is 0.0551. The summed E-state index contributed by atoms with van der Waals surface area (Å²) in [5.74, 6) is -0.136. The van der Waals surface area contributed by atoms with E-state index in [1.807, 2.05) is 39.5 Å². The number of carbonyl (C=O) groups excluding carboxylic acids is 2. The van der Waals surface area contributed by atoms with Crippen molar-refractivity contribution in [3.8, 4) is 0 Å². The first kappa shape index (κ1) is 21.2. The fourth-order valence-electron chi connectivity index (χ4n) is 2.56. The number of hydrogen-bond acceptors (Lipinski definition) is 3. The van der Waals surface area contributed by atoms with E-state index in [0.717, 1.165) is 12.0 Å². The topological polar surface area (TPSA) is 61.4 Å². The highest BCUT2D eigenvalue weighted by molar-refractivity contribution is 5.81. The van der Waals surface area contributed by atoms with Crippen molar-refractivity contribution in [2.75, 3.05) is 19.6 Å². The van der Waals surface area contributed by atoms with Crippen molar-refractivity contribution in [2.24, 2.45) is 0 Å². The Morgan fingerprint density at radius 2 is 1.60 bits per heavy atom. The lowest BCUT2D eigenvalue weighted by atomic mass is 10.1. The summed E-state index contributed by atoms with van der Waals surface area (Å²) in [6, 6.07) is 8.23. The van der Waals surface area contributed by atoms with Crippen LogP contribution in [0.25, 0.3) is 0 Å². The molecular weight excluding hydrogens is 314 g/mol. The maximum absolute atomic E-state index is 12.3. The van der Waals surface area contributed by atoms with Crippen molar-refractivity contribution in [1.82, 2.24) is 15.5 Å². The number of aryl methyl sites for hydroxylation is 1. The van der Waals surface area contributed by atoms with E-state index < -0.39 is 0 Å². The maximum Gasteiger partial charge on any atom is 0.234 e. The maximum atomic E-state index is 12.3. The second-order valence-electron chi connectivity index (χ2n) is 7.49. The molecule has 0 aliphatic rings. The van der Waals surface area contributed by atoms with Crippen molar-refractivity contribution in [3.05, 3.63) is 35.4 Å². The van der Waals surface area contributed by atoms with Gasteiger partial charge in [-0.3, -0.25) is 14.5 Å². The van der Waals surface area contributed by atoms with Crippen LogP contribution in [0.2, 0.25) is 0 Å². The summed E-state index contributed by atoms with van der Waals surface area (Å²) in [5.41, 5.74) is 2.10. The van der Waals surface area contributed by atoms with Crippen LogP contribution in [0.15, 0.2) is 24.3 Å². The molecule has 0 saturated carbocycles. The van der Waals surface area contributed by atoms with Crippen LogP contribution < -0.4 is 10.6 Å². The van der Waals surface area contributed by atoms with Crippen molar-refractivity contribution in [2.45, 2.75) is 59.5 Å². The highest BCUT2D eigenvalue weighted by atomic mass is 16.2. The Morgan fingerprint density at radius 1 is 1.04 bits per heavy atom. The zero-order chi connectivity index (χ0) is 19.0. The molecule has 140 valence electrons. The molecule has 0 aliphatic heterocycles. The quantitative estimate of drug-likeness (QED) is 0.760. The fraction of sp³-hybridized carbons (Fsp3) is 0.600. The van der Waals surface area contributed by atoms with Crippen molar-refractivity contribution < 1.29 is 9.59 Å². The molecule has 0 spiro atoms. The first-order chi connectivity index (χ1) is 11.6. The Morgan fingerprint density at radius 3 is 2.08 bits per heavy atom. The standard InChI is InChI=1S/C20H33N3O2/c1-7-16-9-11-17(12-10-16)15(3)21-18(24)13-23(8-2)14-19(25)22-20(4,5)6/h9-12,15H,7-8,13-14H2,1-6H3,(H,21,24)(H,22,25)/t15-/m0/s1. The SMILES string of the molecule is CCc1ccc([C@H](C)NC(=O)CN(CC)CC(=O)NC(C)(C)C)cc1. The monoisotopic (exact) mass is 347 g/mol. The summed E-state index contributed by atoms with van der Waals surface area (Å²) >= 11 is 0. The van der Waals surface area contributed by atoms with Gasteiger partial charge in [-0.1, -0.05) is 38.1 Å². The van der Waals surface area contributed by atoms with E-state index in [1.54, 1.807) is 0 Å². The Kier molecular flexibility index (Phi) is 8.10. The number of nitrogens with one attached hydrogen (secondary N) is 2. The van der Waals surface area contributed by atoms with Gasteiger partial charge in [0.15, 0.2) is 0 Å². The second-order valence-corrected chi connectivity index (χ2v) is 7.49. The van der Waals surface area contributed by atoms with Gasteiger partial charge >= 0.3 is 0 Å².